The number of carbonyl (C=O) groups excluding carboxylic acids is 4. The fraction of sp³-hybridized carbons (Fsp3) is 0.487. The van der Waals surface area contributed by atoms with E-state index < -0.39 is 35.7 Å². The van der Waals surface area contributed by atoms with Crippen LogP contribution in [-0.4, -0.2) is 70.6 Å². The third-order valence-electron chi connectivity index (χ3n) is 9.84. The number of anilines is 2. The maximum Gasteiger partial charge on any atom is 0.332 e. The van der Waals surface area contributed by atoms with E-state index in [9.17, 15) is 29.4 Å². The molecule has 0 radical (unpaired) electrons. The summed E-state index contributed by atoms with van der Waals surface area (Å²) in [6.45, 7) is 3.64. The fourth-order valence-corrected chi connectivity index (χ4v) is 7.36. The standard InChI is InChI=1S/C39H49N3O8S/c1-24-13-12-16-27-21-29-36(51-23-32(44)40-29)33(35(27)46)41-31(43)22-28(49-3)17-10-5-4-6-11-18-30(25(2)34(24)45)50-38(48)39(19-20-39)42-37(47)26-14-8-7-9-15-26/h4-6,10-11,13-14,17,21,25,28,30,34,45-46H,7-9,12,15-16,18-20,22-23H2,1-3H3,(H,40,44)(H,41,43)(H,42,47)/b5-4-,11-6-,17-10-,24-13-/t25-,28-,30-,34-/m0/s1. The van der Waals surface area contributed by atoms with Crippen LogP contribution in [0, 0.1) is 5.92 Å². The SMILES string of the molecule is CO[C@H]1\C=C/C=C\C=C/C[C@H](OC(=O)C2(NC(=O)C3=CCCCC3)CC2)[C@H](C)[C@@H](O)/C(C)=C\CCc2cc3c(c(c2O)NC(=O)C1)SCC(=O)N3. The van der Waals surface area contributed by atoms with E-state index in [2.05, 4.69) is 16.0 Å². The summed E-state index contributed by atoms with van der Waals surface area (Å²) in [5, 5.41) is 31.4. The number of aryl methyl sites for hydroxylation is 1. The zero-order valence-corrected chi connectivity index (χ0v) is 30.4. The summed E-state index contributed by atoms with van der Waals surface area (Å²) in [6, 6.07) is 1.72. The Labute approximate surface area is 303 Å². The molecule has 1 aromatic carbocycles. The fourth-order valence-electron chi connectivity index (χ4n) is 6.46. The van der Waals surface area contributed by atoms with Crippen LogP contribution in [0.2, 0.25) is 0 Å². The Balaban J connectivity index is 1.38. The summed E-state index contributed by atoms with van der Waals surface area (Å²) in [7, 11) is 1.51. The van der Waals surface area contributed by atoms with Crippen LogP contribution in [0.4, 0.5) is 11.4 Å². The van der Waals surface area contributed by atoms with Gasteiger partial charge in [0.1, 0.15) is 17.4 Å². The monoisotopic (exact) mass is 719 g/mol. The number of carbonyl (C=O) groups is 4. The van der Waals surface area contributed by atoms with Gasteiger partial charge in [-0.3, -0.25) is 14.4 Å². The van der Waals surface area contributed by atoms with Crippen LogP contribution in [0.5, 0.6) is 5.75 Å². The Morgan fingerprint density at radius 3 is 2.53 bits per heavy atom. The maximum atomic E-state index is 13.6. The molecule has 0 saturated heterocycles. The van der Waals surface area contributed by atoms with E-state index in [0.29, 0.717) is 60.2 Å². The molecule has 0 unspecified atom stereocenters. The second-order valence-corrected chi connectivity index (χ2v) is 14.7. The number of allylic oxidation sites excluding steroid dienone is 6. The lowest BCUT2D eigenvalue weighted by atomic mass is 9.90. The molecule has 2 aliphatic heterocycles. The molecule has 0 aromatic heterocycles. The molecule has 51 heavy (non-hydrogen) atoms. The van der Waals surface area contributed by atoms with Crippen molar-refractivity contribution in [1.82, 2.24) is 5.32 Å². The summed E-state index contributed by atoms with van der Waals surface area (Å²) >= 11 is 1.24. The molecule has 12 heteroatoms. The highest BCUT2D eigenvalue weighted by Crippen LogP contribution is 2.45. The smallest absolute Gasteiger partial charge is 0.332 e. The van der Waals surface area contributed by atoms with Crippen molar-refractivity contribution in [2.24, 2.45) is 5.92 Å². The van der Waals surface area contributed by atoms with Crippen molar-refractivity contribution in [2.75, 3.05) is 23.5 Å². The molecule has 2 heterocycles. The van der Waals surface area contributed by atoms with Crippen molar-refractivity contribution in [2.45, 2.75) is 107 Å². The van der Waals surface area contributed by atoms with Crippen molar-refractivity contribution >= 4 is 46.8 Å². The number of hydrogen-bond donors (Lipinski definition) is 5. The van der Waals surface area contributed by atoms with Gasteiger partial charge in [0.2, 0.25) is 17.7 Å². The molecule has 11 nitrogen and oxygen atoms in total. The number of aromatic hydroxyl groups is 1. The normalized spacial score (nSPS) is 28.5. The molecular weight excluding hydrogens is 671 g/mol. The van der Waals surface area contributed by atoms with Gasteiger partial charge in [-0.15, -0.1) is 11.8 Å². The molecule has 1 fully saturated rings. The Morgan fingerprint density at radius 1 is 1.02 bits per heavy atom. The maximum absolute atomic E-state index is 13.6. The lowest BCUT2D eigenvalue weighted by Crippen LogP contribution is -2.47. The average molecular weight is 720 g/mol. The van der Waals surface area contributed by atoms with Crippen LogP contribution < -0.4 is 16.0 Å². The third kappa shape index (κ3) is 9.81. The van der Waals surface area contributed by atoms with Crippen LogP contribution in [0.1, 0.15) is 77.2 Å². The quantitative estimate of drug-likeness (QED) is 0.110. The highest BCUT2D eigenvalue weighted by atomic mass is 32.2. The zero-order valence-electron chi connectivity index (χ0n) is 29.5. The second-order valence-electron chi connectivity index (χ2n) is 13.7. The molecular formula is C39H49N3O8S. The molecule has 1 aromatic rings. The van der Waals surface area contributed by atoms with Gasteiger partial charge in [-0.05, 0) is 75.5 Å². The molecule has 5 rings (SSSR count). The van der Waals surface area contributed by atoms with E-state index in [-0.39, 0.29) is 41.3 Å². The number of benzene rings is 1. The number of fused-ring (bicyclic) bond motifs is 4. The number of hydrogen-bond acceptors (Lipinski definition) is 9. The van der Waals surface area contributed by atoms with Gasteiger partial charge >= 0.3 is 5.97 Å². The van der Waals surface area contributed by atoms with Crippen molar-refractivity contribution < 1.29 is 38.9 Å². The van der Waals surface area contributed by atoms with Gasteiger partial charge in [0.05, 0.1) is 40.7 Å². The third-order valence-corrected chi connectivity index (χ3v) is 11.0. The van der Waals surface area contributed by atoms with Crippen LogP contribution in [0.25, 0.3) is 0 Å². The number of amides is 3. The van der Waals surface area contributed by atoms with Gasteiger partial charge < -0.3 is 35.6 Å². The number of methoxy groups -OCH3 is 1. The van der Waals surface area contributed by atoms with E-state index in [1.807, 2.05) is 38.2 Å². The lowest BCUT2D eigenvalue weighted by Gasteiger charge is -2.30. The number of aliphatic hydroxyl groups excluding tert-OH is 1. The molecule has 0 spiro atoms. The van der Waals surface area contributed by atoms with Crippen LogP contribution in [0.15, 0.2) is 70.7 Å². The number of rotatable bonds is 5. The first-order chi connectivity index (χ1) is 24.5. The van der Waals surface area contributed by atoms with Crippen molar-refractivity contribution in [3.05, 3.63) is 71.4 Å². The number of phenols is 1. The van der Waals surface area contributed by atoms with Crippen LogP contribution in [-0.2, 0) is 35.1 Å². The molecule has 4 atom stereocenters. The first-order valence-corrected chi connectivity index (χ1v) is 18.7. The minimum atomic E-state index is -1.05. The highest BCUT2D eigenvalue weighted by Gasteiger charge is 2.54. The summed E-state index contributed by atoms with van der Waals surface area (Å²) in [4.78, 5) is 52.5. The molecule has 274 valence electrons. The van der Waals surface area contributed by atoms with E-state index in [0.717, 1.165) is 24.8 Å². The Morgan fingerprint density at radius 2 is 1.80 bits per heavy atom. The number of thioether (sulfide) groups is 1. The number of ether oxygens (including phenoxy) is 2. The predicted molar refractivity (Wildman–Crippen MR) is 197 cm³/mol. The van der Waals surface area contributed by atoms with Gasteiger partial charge in [0, 0.05) is 25.0 Å². The summed E-state index contributed by atoms with van der Waals surface area (Å²) in [5.74, 6) is -1.66. The van der Waals surface area contributed by atoms with Gasteiger partial charge in [-0.25, -0.2) is 4.79 Å². The van der Waals surface area contributed by atoms with E-state index in [1.54, 1.807) is 30.4 Å². The number of nitrogens with one attached hydrogen (secondary N) is 3. The molecule has 2 bridgehead atoms. The van der Waals surface area contributed by atoms with Gasteiger partial charge in [0.25, 0.3) is 0 Å². The minimum Gasteiger partial charge on any atom is -0.505 e. The zero-order chi connectivity index (χ0) is 36.5. The topological polar surface area (TPSA) is 163 Å². The molecule has 1 saturated carbocycles. The minimum absolute atomic E-state index is 0.00352. The van der Waals surface area contributed by atoms with Gasteiger partial charge in [-0.1, -0.05) is 55.5 Å². The first kappa shape index (κ1) is 38.1. The van der Waals surface area contributed by atoms with Crippen LogP contribution in [0.3, 0.4) is 0 Å². The largest absolute Gasteiger partial charge is 0.505 e. The van der Waals surface area contributed by atoms with E-state index in [1.165, 1.54) is 18.9 Å². The lowest BCUT2D eigenvalue weighted by molar-refractivity contribution is -0.158. The van der Waals surface area contributed by atoms with Gasteiger partial charge in [-0.2, -0.15) is 0 Å². The Hall–Kier alpha value is -4.13. The Kier molecular flexibility index (Phi) is 13.0. The van der Waals surface area contributed by atoms with Gasteiger partial charge in [0.15, 0.2) is 0 Å². The summed E-state index contributed by atoms with van der Waals surface area (Å²) < 4.78 is 11.6. The van der Waals surface area contributed by atoms with Crippen molar-refractivity contribution in [3.63, 3.8) is 0 Å². The first-order valence-electron chi connectivity index (χ1n) is 17.7. The second kappa shape index (κ2) is 17.4. The Bertz CT molecular complexity index is 1660. The summed E-state index contributed by atoms with van der Waals surface area (Å²) in [6.07, 6.45) is 18.1. The van der Waals surface area contributed by atoms with Crippen molar-refractivity contribution in [3.8, 4) is 5.75 Å². The molecule has 5 N–H and O–H groups in total. The van der Waals surface area contributed by atoms with Crippen molar-refractivity contribution in [1.29, 1.82) is 0 Å². The predicted octanol–water partition coefficient (Wildman–Crippen LogP) is 5.79. The molecule has 4 aliphatic rings. The van der Waals surface area contributed by atoms with E-state index >= 15 is 0 Å². The van der Waals surface area contributed by atoms with E-state index in [4.69, 9.17) is 9.47 Å². The number of esters is 1. The molecule has 2 aliphatic carbocycles. The number of aliphatic hydroxyl groups is 1. The molecule has 3 amide bonds. The van der Waals surface area contributed by atoms with Crippen LogP contribution >= 0.6 is 11.8 Å². The summed E-state index contributed by atoms with van der Waals surface area (Å²) in [5.41, 5.74) is 1.61. The number of phenolic OH excluding ortho intramolecular Hbond substituents is 1. The average Bonchev–Trinajstić information content (AvgIpc) is 3.91. The highest BCUT2D eigenvalue weighted by molar-refractivity contribution is 8.00.